The lowest BCUT2D eigenvalue weighted by atomic mass is 10.1. The maximum Gasteiger partial charge on any atom is 0.419 e. The highest BCUT2D eigenvalue weighted by molar-refractivity contribution is 5.46. The summed E-state index contributed by atoms with van der Waals surface area (Å²) in [5, 5.41) is 2.71. The van der Waals surface area contributed by atoms with E-state index in [4.69, 9.17) is 9.47 Å². The summed E-state index contributed by atoms with van der Waals surface area (Å²) in [5.74, 6) is -1.60. The van der Waals surface area contributed by atoms with E-state index in [1.54, 1.807) is 38.2 Å². The van der Waals surface area contributed by atoms with Crippen molar-refractivity contribution in [3.05, 3.63) is 54.0 Å². The zero-order valence-corrected chi connectivity index (χ0v) is 14.0. The Morgan fingerprint density at radius 2 is 1.64 bits per heavy atom. The molecule has 0 unspecified atom stereocenters. The Kier molecular flexibility index (Phi) is 6.33. The van der Waals surface area contributed by atoms with Crippen LogP contribution in [-0.4, -0.2) is 29.7 Å². The Bertz CT molecular complexity index is 660. The molecular weight excluding hydrogens is 335 g/mol. The van der Waals surface area contributed by atoms with E-state index in [0.717, 1.165) is 6.07 Å². The van der Waals surface area contributed by atoms with Crippen LogP contribution < -0.4 is 5.32 Å². The van der Waals surface area contributed by atoms with Crippen LogP contribution in [0.25, 0.3) is 0 Å². The van der Waals surface area contributed by atoms with Crippen molar-refractivity contribution in [3.63, 3.8) is 0 Å². The van der Waals surface area contributed by atoms with Crippen LogP contribution in [-0.2, 0) is 21.4 Å². The number of pyridine rings is 2. The Morgan fingerprint density at radius 3 is 2.20 bits per heavy atom. The number of alkyl halides is 3. The van der Waals surface area contributed by atoms with E-state index in [1.165, 1.54) is 12.3 Å². The zero-order valence-electron chi connectivity index (χ0n) is 14.0. The van der Waals surface area contributed by atoms with Crippen LogP contribution in [0, 0.1) is 0 Å². The molecule has 136 valence electrons. The number of rotatable bonds is 8. The minimum absolute atomic E-state index is 0.0776. The fourth-order valence-electron chi connectivity index (χ4n) is 2.41. The molecule has 0 bridgehead atoms. The van der Waals surface area contributed by atoms with Gasteiger partial charge in [-0.25, -0.2) is 4.98 Å². The Balaban J connectivity index is 2.33. The third kappa shape index (κ3) is 4.67. The monoisotopic (exact) mass is 355 g/mol. The van der Waals surface area contributed by atoms with Crippen LogP contribution >= 0.6 is 0 Å². The molecule has 0 saturated carbocycles. The van der Waals surface area contributed by atoms with Gasteiger partial charge < -0.3 is 14.8 Å². The molecule has 0 aliphatic carbocycles. The van der Waals surface area contributed by atoms with E-state index in [1.807, 2.05) is 0 Å². The summed E-state index contributed by atoms with van der Waals surface area (Å²) >= 11 is 0. The van der Waals surface area contributed by atoms with Crippen LogP contribution in [0.15, 0.2) is 42.7 Å². The van der Waals surface area contributed by atoms with Gasteiger partial charge in [0.1, 0.15) is 11.5 Å². The second-order valence-electron chi connectivity index (χ2n) is 5.08. The molecule has 1 N–H and O–H groups in total. The molecule has 5 nitrogen and oxygen atoms in total. The van der Waals surface area contributed by atoms with E-state index in [9.17, 15) is 13.2 Å². The third-order valence-electron chi connectivity index (χ3n) is 3.41. The molecule has 0 radical (unpaired) electrons. The quantitative estimate of drug-likeness (QED) is 0.730. The van der Waals surface area contributed by atoms with Crippen molar-refractivity contribution in [2.24, 2.45) is 0 Å². The molecule has 8 heteroatoms. The summed E-state index contributed by atoms with van der Waals surface area (Å²) in [6.45, 7) is 4.07. The van der Waals surface area contributed by atoms with Crippen LogP contribution in [0.4, 0.5) is 19.0 Å². The highest BCUT2D eigenvalue weighted by Crippen LogP contribution is 2.34. The molecular formula is C17H20F3N3O2. The molecule has 0 aliphatic rings. The zero-order chi connectivity index (χ0) is 18.3. The molecule has 0 amide bonds. The van der Waals surface area contributed by atoms with Crippen molar-refractivity contribution in [1.82, 2.24) is 9.97 Å². The summed E-state index contributed by atoms with van der Waals surface area (Å²) in [5.41, 5.74) is -0.381. The van der Waals surface area contributed by atoms with E-state index >= 15 is 0 Å². The van der Waals surface area contributed by atoms with Gasteiger partial charge in [-0.3, -0.25) is 4.98 Å². The van der Waals surface area contributed by atoms with Crippen molar-refractivity contribution in [2.75, 3.05) is 25.1 Å². The predicted molar refractivity (Wildman–Crippen MR) is 86.9 cm³/mol. The molecule has 2 heterocycles. The lowest BCUT2D eigenvalue weighted by Crippen LogP contribution is -2.41. The molecule has 0 aromatic carbocycles. The maximum atomic E-state index is 13.1. The first-order chi connectivity index (χ1) is 11.9. The number of nitrogens with one attached hydrogen (secondary N) is 1. The van der Waals surface area contributed by atoms with Gasteiger partial charge in [-0.1, -0.05) is 6.07 Å². The molecule has 2 aromatic heterocycles. The van der Waals surface area contributed by atoms with Crippen molar-refractivity contribution in [2.45, 2.75) is 25.8 Å². The van der Waals surface area contributed by atoms with Gasteiger partial charge in [0.05, 0.1) is 12.1 Å². The van der Waals surface area contributed by atoms with Crippen molar-refractivity contribution < 1.29 is 22.6 Å². The van der Waals surface area contributed by atoms with Gasteiger partial charge in [0.25, 0.3) is 0 Å². The summed E-state index contributed by atoms with van der Waals surface area (Å²) in [4.78, 5) is 8.04. The van der Waals surface area contributed by atoms with Crippen LogP contribution in [0.1, 0.15) is 25.1 Å². The summed E-state index contributed by atoms with van der Waals surface area (Å²) in [6, 6.07) is 7.41. The minimum Gasteiger partial charge on any atom is -0.364 e. The second-order valence-corrected chi connectivity index (χ2v) is 5.08. The molecule has 2 aromatic rings. The summed E-state index contributed by atoms with van der Waals surface area (Å²) in [6.07, 6.45) is -1.65. The Morgan fingerprint density at radius 1 is 0.960 bits per heavy atom. The SMILES string of the molecule is CCOC(CNc1ncccc1C(F)(F)F)(OCC)c1ccccn1. The van der Waals surface area contributed by atoms with Gasteiger partial charge in [0.15, 0.2) is 0 Å². The molecule has 0 fully saturated rings. The minimum atomic E-state index is -4.51. The standard InChI is InChI=1S/C17H20F3N3O2/c1-3-24-16(25-4-2,14-9-5-6-10-21-14)12-23-15-13(17(18,19)20)8-7-11-22-15/h5-11H,3-4,12H2,1-2H3,(H,22,23). The predicted octanol–water partition coefficient (Wildman–Crippen LogP) is 3.83. The van der Waals surface area contributed by atoms with E-state index in [2.05, 4.69) is 15.3 Å². The smallest absolute Gasteiger partial charge is 0.364 e. The topological polar surface area (TPSA) is 56.3 Å². The average molecular weight is 355 g/mol. The van der Waals surface area contributed by atoms with Gasteiger partial charge in [0, 0.05) is 25.6 Å². The maximum absolute atomic E-state index is 13.1. The van der Waals surface area contributed by atoms with Crippen molar-refractivity contribution >= 4 is 5.82 Å². The first kappa shape index (κ1) is 19.1. The number of ether oxygens (including phenoxy) is 2. The molecule has 25 heavy (non-hydrogen) atoms. The third-order valence-corrected chi connectivity index (χ3v) is 3.41. The second kappa shape index (κ2) is 8.26. The molecule has 0 spiro atoms. The largest absolute Gasteiger partial charge is 0.419 e. The highest BCUT2D eigenvalue weighted by atomic mass is 19.4. The van der Waals surface area contributed by atoms with E-state index < -0.39 is 17.5 Å². The normalized spacial score (nSPS) is 12.2. The lowest BCUT2D eigenvalue weighted by molar-refractivity contribution is -0.235. The number of hydrogen-bond donors (Lipinski definition) is 1. The Labute approximate surface area is 144 Å². The molecule has 0 saturated heterocycles. The number of nitrogens with zero attached hydrogens (tertiary/aromatic N) is 2. The average Bonchev–Trinajstić information content (AvgIpc) is 2.60. The van der Waals surface area contributed by atoms with Crippen LogP contribution in [0.3, 0.4) is 0 Å². The number of aromatic nitrogens is 2. The number of halogens is 3. The lowest BCUT2D eigenvalue weighted by Gasteiger charge is -2.33. The summed E-state index contributed by atoms with van der Waals surface area (Å²) in [7, 11) is 0. The molecule has 2 rings (SSSR count). The number of hydrogen-bond acceptors (Lipinski definition) is 5. The van der Waals surface area contributed by atoms with Crippen LogP contribution in [0.5, 0.6) is 0 Å². The first-order valence-electron chi connectivity index (χ1n) is 7.88. The fraction of sp³-hybridized carbons (Fsp3) is 0.412. The van der Waals surface area contributed by atoms with Crippen LogP contribution in [0.2, 0.25) is 0 Å². The molecule has 0 aliphatic heterocycles. The number of anilines is 1. The highest BCUT2D eigenvalue weighted by Gasteiger charge is 2.38. The van der Waals surface area contributed by atoms with Gasteiger partial charge >= 0.3 is 6.18 Å². The summed E-state index contributed by atoms with van der Waals surface area (Å²) < 4.78 is 50.9. The van der Waals surface area contributed by atoms with Gasteiger partial charge in [-0.05, 0) is 38.1 Å². The van der Waals surface area contributed by atoms with Gasteiger partial charge in [-0.15, -0.1) is 0 Å². The fourth-order valence-corrected chi connectivity index (χ4v) is 2.41. The van der Waals surface area contributed by atoms with E-state index in [-0.39, 0.29) is 12.4 Å². The van der Waals surface area contributed by atoms with Crippen molar-refractivity contribution in [3.8, 4) is 0 Å². The van der Waals surface area contributed by atoms with Gasteiger partial charge in [-0.2, -0.15) is 13.2 Å². The van der Waals surface area contributed by atoms with Gasteiger partial charge in [0.2, 0.25) is 5.79 Å². The Hall–Kier alpha value is -2.19. The van der Waals surface area contributed by atoms with E-state index in [0.29, 0.717) is 18.9 Å². The first-order valence-corrected chi connectivity index (χ1v) is 7.88. The van der Waals surface area contributed by atoms with Crippen molar-refractivity contribution in [1.29, 1.82) is 0 Å². The molecule has 0 atom stereocenters.